The average Bonchev–Trinajstić information content (AvgIpc) is 1.86. The summed E-state index contributed by atoms with van der Waals surface area (Å²) in [7, 11) is 1.99. The third-order valence-corrected chi connectivity index (χ3v) is 2.00. The molecule has 1 aliphatic rings. The Kier molecular flexibility index (Phi) is 3.12. The number of nitrogens with one attached hydrogen (secondary N) is 1. The summed E-state index contributed by atoms with van der Waals surface area (Å²) in [6, 6.07) is 0.693. The second-order valence-corrected chi connectivity index (χ2v) is 2.82. The Morgan fingerprint density at radius 1 is 1.60 bits per heavy atom. The number of aliphatic hydroxyl groups excluding tert-OH is 1. The van der Waals surface area contributed by atoms with Crippen molar-refractivity contribution in [3.05, 3.63) is 0 Å². The van der Waals surface area contributed by atoms with Gasteiger partial charge in [-0.05, 0) is 13.5 Å². The molecule has 0 aromatic heterocycles. The summed E-state index contributed by atoms with van der Waals surface area (Å²) in [5, 5.41) is 11.7. The molecule has 10 heavy (non-hydrogen) atoms. The van der Waals surface area contributed by atoms with Crippen LogP contribution in [0.4, 0.5) is 0 Å². The van der Waals surface area contributed by atoms with E-state index in [1.54, 1.807) is 0 Å². The van der Waals surface area contributed by atoms with E-state index in [4.69, 9.17) is 5.11 Å². The second-order valence-electron chi connectivity index (χ2n) is 2.82. The van der Waals surface area contributed by atoms with E-state index in [9.17, 15) is 0 Å². The first-order chi connectivity index (χ1) is 4.86. The largest absolute Gasteiger partial charge is 0.396 e. The fourth-order valence-electron chi connectivity index (χ4n) is 1.23. The maximum atomic E-state index is 8.52. The zero-order valence-electron chi connectivity index (χ0n) is 6.51. The summed E-state index contributed by atoms with van der Waals surface area (Å²) < 4.78 is 0. The van der Waals surface area contributed by atoms with Gasteiger partial charge in [0.25, 0.3) is 0 Å². The standard InChI is InChI=1S/C7H16N2O/c1-8-7-5-9(6-7)3-2-4-10/h7-8,10H,2-6H2,1H3. The molecule has 1 fully saturated rings. The molecule has 1 heterocycles. The quantitative estimate of drug-likeness (QED) is 0.546. The lowest BCUT2D eigenvalue weighted by molar-refractivity contribution is 0.120. The smallest absolute Gasteiger partial charge is 0.0443 e. The maximum absolute atomic E-state index is 8.52. The summed E-state index contributed by atoms with van der Waals surface area (Å²) in [5.41, 5.74) is 0. The number of rotatable bonds is 4. The molecule has 1 rings (SSSR count). The highest BCUT2D eigenvalue weighted by Crippen LogP contribution is 2.06. The van der Waals surface area contributed by atoms with Crippen LogP contribution in [0.2, 0.25) is 0 Å². The molecule has 0 amide bonds. The zero-order valence-corrected chi connectivity index (χ0v) is 6.51. The van der Waals surface area contributed by atoms with E-state index in [-0.39, 0.29) is 0 Å². The molecular formula is C7H16N2O. The molecule has 2 N–H and O–H groups in total. The number of hydrogen-bond donors (Lipinski definition) is 2. The number of likely N-dealkylation sites (tertiary alicyclic amines) is 1. The van der Waals surface area contributed by atoms with Crippen molar-refractivity contribution in [2.75, 3.05) is 33.3 Å². The first kappa shape index (κ1) is 7.98. The molecule has 0 saturated carbocycles. The molecule has 0 radical (unpaired) electrons. The summed E-state index contributed by atoms with van der Waals surface area (Å²) >= 11 is 0. The molecule has 0 unspecified atom stereocenters. The van der Waals surface area contributed by atoms with Crippen molar-refractivity contribution in [3.8, 4) is 0 Å². The van der Waals surface area contributed by atoms with Gasteiger partial charge in [0.1, 0.15) is 0 Å². The van der Waals surface area contributed by atoms with Crippen LogP contribution in [0, 0.1) is 0 Å². The summed E-state index contributed by atoms with van der Waals surface area (Å²) in [4.78, 5) is 2.34. The minimum Gasteiger partial charge on any atom is -0.396 e. The van der Waals surface area contributed by atoms with E-state index < -0.39 is 0 Å². The van der Waals surface area contributed by atoms with Crippen LogP contribution in [0.3, 0.4) is 0 Å². The van der Waals surface area contributed by atoms with Crippen molar-refractivity contribution in [3.63, 3.8) is 0 Å². The van der Waals surface area contributed by atoms with E-state index in [2.05, 4.69) is 10.2 Å². The van der Waals surface area contributed by atoms with Crippen LogP contribution in [-0.2, 0) is 0 Å². The van der Waals surface area contributed by atoms with Gasteiger partial charge in [-0.2, -0.15) is 0 Å². The van der Waals surface area contributed by atoms with Crippen LogP contribution < -0.4 is 5.32 Å². The molecule has 0 bridgehead atoms. The Labute approximate surface area is 62.0 Å². The lowest BCUT2D eigenvalue weighted by Gasteiger charge is -2.38. The van der Waals surface area contributed by atoms with Crippen LogP contribution in [0.1, 0.15) is 6.42 Å². The van der Waals surface area contributed by atoms with Crippen LogP contribution >= 0.6 is 0 Å². The lowest BCUT2D eigenvalue weighted by Crippen LogP contribution is -2.57. The molecule has 60 valence electrons. The zero-order chi connectivity index (χ0) is 7.40. The number of likely N-dealkylation sites (N-methyl/N-ethyl adjacent to an activating group) is 1. The van der Waals surface area contributed by atoms with Crippen molar-refractivity contribution in [1.29, 1.82) is 0 Å². The molecule has 0 aromatic rings. The van der Waals surface area contributed by atoms with Crippen LogP contribution in [0.5, 0.6) is 0 Å². The van der Waals surface area contributed by atoms with Gasteiger partial charge in [-0.1, -0.05) is 0 Å². The Morgan fingerprint density at radius 3 is 2.80 bits per heavy atom. The second kappa shape index (κ2) is 3.91. The molecule has 0 aliphatic carbocycles. The van der Waals surface area contributed by atoms with E-state index in [0.29, 0.717) is 12.6 Å². The fraction of sp³-hybridized carbons (Fsp3) is 1.00. The van der Waals surface area contributed by atoms with Gasteiger partial charge in [0, 0.05) is 32.3 Å². The van der Waals surface area contributed by atoms with Crippen LogP contribution in [0.25, 0.3) is 0 Å². The fourth-order valence-corrected chi connectivity index (χ4v) is 1.23. The Bertz CT molecular complexity index is 88.9. The monoisotopic (exact) mass is 144 g/mol. The van der Waals surface area contributed by atoms with Gasteiger partial charge in [-0.3, -0.25) is 0 Å². The minimum absolute atomic E-state index is 0.320. The predicted octanol–water partition coefficient (Wildman–Crippen LogP) is -0.728. The van der Waals surface area contributed by atoms with Gasteiger partial charge < -0.3 is 15.3 Å². The van der Waals surface area contributed by atoms with E-state index in [1.165, 1.54) is 0 Å². The molecule has 1 saturated heterocycles. The third-order valence-electron chi connectivity index (χ3n) is 2.00. The number of aliphatic hydroxyl groups is 1. The van der Waals surface area contributed by atoms with Gasteiger partial charge in [0.2, 0.25) is 0 Å². The van der Waals surface area contributed by atoms with Gasteiger partial charge in [0.05, 0.1) is 0 Å². The highest BCUT2D eigenvalue weighted by molar-refractivity contribution is 4.83. The van der Waals surface area contributed by atoms with Crippen LogP contribution in [-0.4, -0.2) is 49.3 Å². The number of hydrogen-bond acceptors (Lipinski definition) is 3. The molecule has 3 heteroatoms. The first-order valence-corrected chi connectivity index (χ1v) is 3.87. The van der Waals surface area contributed by atoms with Gasteiger partial charge >= 0.3 is 0 Å². The van der Waals surface area contributed by atoms with Gasteiger partial charge in [0.15, 0.2) is 0 Å². The molecule has 0 spiro atoms. The Hall–Kier alpha value is -0.120. The topological polar surface area (TPSA) is 35.5 Å². The molecular weight excluding hydrogens is 128 g/mol. The van der Waals surface area contributed by atoms with Gasteiger partial charge in [-0.15, -0.1) is 0 Å². The first-order valence-electron chi connectivity index (χ1n) is 3.87. The van der Waals surface area contributed by atoms with Crippen LogP contribution in [0.15, 0.2) is 0 Å². The van der Waals surface area contributed by atoms with Crippen molar-refractivity contribution in [2.24, 2.45) is 0 Å². The molecule has 0 aromatic carbocycles. The van der Waals surface area contributed by atoms with Crippen molar-refractivity contribution >= 4 is 0 Å². The van der Waals surface area contributed by atoms with E-state index in [1.807, 2.05) is 7.05 Å². The van der Waals surface area contributed by atoms with E-state index in [0.717, 1.165) is 26.1 Å². The SMILES string of the molecule is CNC1CN(CCCO)C1. The maximum Gasteiger partial charge on any atom is 0.0443 e. The van der Waals surface area contributed by atoms with Crippen molar-refractivity contribution < 1.29 is 5.11 Å². The molecule has 1 aliphatic heterocycles. The van der Waals surface area contributed by atoms with Gasteiger partial charge in [-0.25, -0.2) is 0 Å². The summed E-state index contributed by atoms with van der Waals surface area (Å²) in [6.07, 6.45) is 0.913. The number of nitrogens with zero attached hydrogens (tertiary/aromatic N) is 1. The predicted molar refractivity (Wildman–Crippen MR) is 41.0 cm³/mol. The summed E-state index contributed by atoms with van der Waals surface area (Å²) in [5.74, 6) is 0. The Balaban J connectivity index is 1.93. The lowest BCUT2D eigenvalue weighted by atomic mass is 10.1. The normalized spacial score (nSPS) is 21.0. The highest BCUT2D eigenvalue weighted by atomic mass is 16.3. The molecule has 3 nitrogen and oxygen atoms in total. The van der Waals surface area contributed by atoms with Crippen molar-refractivity contribution in [1.82, 2.24) is 10.2 Å². The highest BCUT2D eigenvalue weighted by Gasteiger charge is 2.23. The average molecular weight is 144 g/mol. The molecule has 0 atom stereocenters. The van der Waals surface area contributed by atoms with E-state index >= 15 is 0 Å². The Morgan fingerprint density at radius 2 is 2.30 bits per heavy atom. The minimum atomic E-state index is 0.320. The summed E-state index contributed by atoms with van der Waals surface area (Å²) in [6.45, 7) is 3.67. The van der Waals surface area contributed by atoms with Crippen molar-refractivity contribution in [2.45, 2.75) is 12.5 Å². The third kappa shape index (κ3) is 1.94.